The van der Waals surface area contributed by atoms with Gasteiger partial charge in [0.2, 0.25) is 0 Å². The average Bonchev–Trinajstić information content (AvgIpc) is 2.67. The summed E-state index contributed by atoms with van der Waals surface area (Å²) < 4.78 is 0. The van der Waals surface area contributed by atoms with Crippen molar-refractivity contribution in [1.82, 2.24) is 14.8 Å². The lowest BCUT2D eigenvalue weighted by molar-refractivity contribution is 0.0664. The molecule has 0 bridgehead atoms. The van der Waals surface area contributed by atoms with Crippen LogP contribution < -0.4 is 4.90 Å². The van der Waals surface area contributed by atoms with Crippen LogP contribution in [-0.4, -0.2) is 60.5 Å². The van der Waals surface area contributed by atoms with E-state index in [1.807, 2.05) is 17.0 Å². The fourth-order valence-electron chi connectivity index (χ4n) is 3.67. The van der Waals surface area contributed by atoms with E-state index in [0.717, 1.165) is 57.1 Å². The Balaban J connectivity index is 1.58. The summed E-state index contributed by atoms with van der Waals surface area (Å²) in [5, 5.41) is 0. The molecule has 2 aliphatic heterocycles. The highest BCUT2D eigenvalue weighted by Crippen LogP contribution is 2.26. The number of fused-ring (bicyclic) bond motifs is 1. The number of benzene rings is 1. The van der Waals surface area contributed by atoms with E-state index < -0.39 is 0 Å². The van der Waals surface area contributed by atoms with E-state index in [2.05, 4.69) is 46.1 Å². The smallest absolute Gasteiger partial charge is 0.257 e. The monoisotopic (exact) mass is 336 g/mol. The van der Waals surface area contributed by atoms with Crippen molar-refractivity contribution in [3.05, 3.63) is 59.3 Å². The van der Waals surface area contributed by atoms with Crippen molar-refractivity contribution in [3.63, 3.8) is 0 Å². The quantitative estimate of drug-likeness (QED) is 0.841. The molecular formula is C20H24N4O. The molecular weight excluding hydrogens is 312 g/mol. The maximum absolute atomic E-state index is 13.1. The molecule has 4 rings (SSSR count). The van der Waals surface area contributed by atoms with E-state index in [0.29, 0.717) is 0 Å². The van der Waals surface area contributed by atoms with Crippen molar-refractivity contribution in [2.75, 3.05) is 44.7 Å². The number of likely N-dealkylation sites (N-methyl/N-ethyl adjacent to an activating group) is 1. The van der Waals surface area contributed by atoms with Crippen LogP contribution in [0.15, 0.2) is 42.6 Å². The summed E-state index contributed by atoms with van der Waals surface area (Å²) in [6.45, 7) is 5.14. The van der Waals surface area contributed by atoms with Crippen LogP contribution in [-0.2, 0) is 13.0 Å². The Morgan fingerprint density at radius 2 is 1.72 bits per heavy atom. The lowest BCUT2D eigenvalue weighted by Gasteiger charge is -2.34. The molecule has 1 fully saturated rings. The van der Waals surface area contributed by atoms with Crippen molar-refractivity contribution in [2.45, 2.75) is 13.0 Å². The first-order valence-corrected chi connectivity index (χ1v) is 8.97. The normalized spacial score (nSPS) is 18.1. The van der Waals surface area contributed by atoms with E-state index in [4.69, 9.17) is 0 Å². The summed E-state index contributed by atoms with van der Waals surface area (Å²) in [5.41, 5.74) is 3.46. The second-order valence-corrected chi connectivity index (χ2v) is 6.91. The van der Waals surface area contributed by atoms with Crippen LogP contribution in [0.1, 0.15) is 21.5 Å². The van der Waals surface area contributed by atoms with Gasteiger partial charge < -0.3 is 14.7 Å². The predicted octanol–water partition coefficient (Wildman–Crippen LogP) is 2.03. The Kier molecular flexibility index (Phi) is 4.40. The van der Waals surface area contributed by atoms with Gasteiger partial charge in [-0.25, -0.2) is 4.98 Å². The molecule has 1 saturated heterocycles. The van der Waals surface area contributed by atoms with Crippen LogP contribution >= 0.6 is 0 Å². The maximum atomic E-state index is 13.1. The van der Waals surface area contributed by atoms with Crippen LogP contribution in [0.4, 0.5) is 5.82 Å². The zero-order valence-corrected chi connectivity index (χ0v) is 14.7. The lowest BCUT2D eigenvalue weighted by atomic mass is 9.99. The summed E-state index contributed by atoms with van der Waals surface area (Å²) in [6, 6.07) is 12.3. The van der Waals surface area contributed by atoms with Crippen molar-refractivity contribution in [2.24, 2.45) is 0 Å². The highest BCUT2D eigenvalue weighted by Gasteiger charge is 2.26. The molecule has 2 aromatic rings. The zero-order chi connectivity index (χ0) is 17.2. The summed E-state index contributed by atoms with van der Waals surface area (Å²) >= 11 is 0. The molecule has 5 heteroatoms. The number of hydrogen-bond donors (Lipinski definition) is 0. The first-order valence-electron chi connectivity index (χ1n) is 8.97. The molecule has 0 N–H and O–H groups in total. The third-order valence-corrected chi connectivity index (χ3v) is 5.24. The van der Waals surface area contributed by atoms with Gasteiger partial charge in [0.1, 0.15) is 5.82 Å². The second kappa shape index (κ2) is 6.84. The molecule has 130 valence electrons. The van der Waals surface area contributed by atoms with Gasteiger partial charge in [-0.15, -0.1) is 0 Å². The Hall–Kier alpha value is -2.40. The largest absolute Gasteiger partial charge is 0.351 e. The second-order valence-electron chi connectivity index (χ2n) is 6.91. The third-order valence-electron chi connectivity index (χ3n) is 5.24. The number of carbonyl (C=O) groups excluding carboxylic acids is 1. The van der Waals surface area contributed by atoms with Crippen molar-refractivity contribution in [3.8, 4) is 0 Å². The van der Waals surface area contributed by atoms with Crippen LogP contribution in [0.2, 0.25) is 0 Å². The number of pyridine rings is 1. The lowest BCUT2D eigenvalue weighted by Crippen LogP contribution is -2.47. The number of hydrogen-bond acceptors (Lipinski definition) is 4. The minimum absolute atomic E-state index is 0.107. The van der Waals surface area contributed by atoms with E-state index in [-0.39, 0.29) is 5.91 Å². The molecule has 3 heterocycles. The predicted molar refractivity (Wildman–Crippen MR) is 98.8 cm³/mol. The molecule has 0 unspecified atom stereocenters. The van der Waals surface area contributed by atoms with Gasteiger partial charge in [0.25, 0.3) is 5.91 Å². The van der Waals surface area contributed by atoms with Crippen LogP contribution in [0.25, 0.3) is 0 Å². The summed E-state index contributed by atoms with van der Waals surface area (Å²) in [4.78, 5) is 24.1. The SMILES string of the molecule is CN1CCN(C(=O)c2cccnc2N2CCc3ccccc3C2)CC1. The molecule has 0 atom stereocenters. The van der Waals surface area contributed by atoms with E-state index >= 15 is 0 Å². The molecule has 0 saturated carbocycles. The van der Waals surface area contributed by atoms with Crippen molar-refractivity contribution >= 4 is 11.7 Å². The number of carbonyl (C=O) groups is 1. The molecule has 1 aromatic carbocycles. The minimum atomic E-state index is 0.107. The van der Waals surface area contributed by atoms with Crippen LogP contribution in [0, 0.1) is 0 Å². The molecule has 2 aliphatic rings. The maximum Gasteiger partial charge on any atom is 0.257 e. The first-order chi connectivity index (χ1) is 12.2. The van der Waals surface area contributed by atoms with Gasteiger partial charge in [-0.1, -0.05) is 24.3 Å². The van der Waals surface area contributed by atoms with Gasteiger partial charge >= 0.3 is 0 Å². The summed E-state index contributed by atoms with van der Waals surface area (Å²) in [5.74, 6) is 0.927. The summed E-state index contributed by atoms with van der Waals surface area (Å²) in [6.07, 6.45) is 2.78. The van der Waals surface area contributed by atoms with Gasteiger partial charge in [-0.2, -0.15) is 0 Å². The van der Waals surface area contributed by atoms with E-state index in [9.17, 15) is 4.79 Å². The van der Waals surface area contributed by atoms with Gasteiger partial charge in [0.15, 0.2) is 0 Å². The minimum Gasteiger partial charge on any atom is -0.351 e. The average molecular weight is 336 g/mol. The van der Waals surface area contributed by atoms with Crippen molar-refractivity contribution < 1.29 is 4.79 Å². The Morgan fingerprint density at radius 1 is 0.960 bits per heavy atom. The summed E-state index contributed by atoms with van der Waals surface area (Å²) in [7, 11) is 2.10. The Bertz CT molecular complexity index is 768. The Labute approximate surface area is 148 Å². The molecule has 1 amide bonds. The fraction of sp³-hybridized carbons (Fsp3) is 0.400. The zero-order valence-electron chi connectivity index (χ0n) is 14.7. The number of rotatable bonds is 2. The van der Waals surface area contributed by atoms with Gasteiger partial charge in [0, 0.05) is 45.5 Å². The molecule has 0 spiro atoms. The van der Waals surface area contributed by atoms with E-state index in [1.54, 1.807) is 6.20 Å². The highest BCUT2D eigenvalue weighted by atomic mass is 16.2. The fourth-order valence-corrected chi connectivity index (χ4v) is 3.67. The van der Waals surface area contributed by atoms with Gasteiger partial charge in [-0.05, 0) is 36.7 Å². The van der Waals surface area contributed by atoms with Crippen molar-refractivity contribution in [1.29, 1.82) is 0 Å². The number of anilines is 1. The van der Waals surface area contributed by atoms with Gasteiger partial charge in [-0.3, -0.25) is 4.79 Å². The Morgan fingerprint density at radius 3 is 2.52 bits per heavy atom. The molecule has 5 nitrogen and oxygen atoms in total. The highest BCUT2D eigenvalue weighted by molar-refractivity contribution is 5.99. The number of piperazine rings is 1. The molecule has 1 aromatic heterocycles. The topological polar surface area (TPSA) is 39.7 Å². The van der Waals surface area contributed by atoms with Gasteiger partial charge in [0.05, 0.1) is 5.56 Å². The van der Waals surface area contributed by atoms with E-state index in [1.165, 1.54) is 11.1 Å². The third kappa shape index (κ3) is 3.24. The number of aromatic nitrogens is 1. The standard InChI is InChI=1S/C20H24N4O/c1-22-11-13-23(14-12-22)20(25)18-7-4-9-21-19(18)24-10-8-16-5-2-3-6-17(16)15-24/h2-7,9H,8,10-15H2,1H3. The first kappa shape index (κ1) is 16.1. The number of nitrogens with zero attached hydrogens (tertiary/aromatic N) is 4. The van der Waals surface area contributed by atoms with Crippen LogP contribution in [0.5, 0.6) is 0 Å². The van der Waals surface area contributed by atoms with Crippen LogP contribution in [0.3, 0.4) is 0 Å². The molecule has 25 heavy (non-hydrogen) atoms. The molecule has 0 radical (unpaired) electrons. The molecule has 0 aliphatic carbocycles. The number of amides is 1.